The van der Waals surface area contributed by atoms with Crippen LogP contribution in [0.1, 0.15) is 5.56 Å². The molecule has 1 amide bonds. The molecule has 5 nitrogen and oxygen atoms in total. The Bertz CT molecular complexity index is 1340. The van der Waals surface area contributed by atoms with Gasteiger partial charge in [-0.3, -0.25) is 14.2 Å². The number of aromatic nitrogens is 2. The fraction of sp³-hybridized carbons (Fsp3) is 0.0870. The standard InChI is InChI=1S/C23H17BrClN3O2S/c1-14-6-9-16(12-19(14)25)26-21(29)13-31-23-27-20-5-3-2-4-18(20)22(30)28(23)17-10-7-15(24)8-11-17/h2-12H,13H2,1H3,(H,26,29). The van der Waals surface area contributed by atoms with Crippen molar-refractivity contribution in [1.82, 2.24) is 9.55 Å². The first-order valence-electron chi connectivity index (χ1n) is 9.39. The molecule has 0 bridgehead atoms. The summed E-state index contributed by atoms with van der Waals surface area (Å²) in [4.78, 5) is 30.4. The van der Waals surface area contributed by atoms with E-state index in [1.165, 1.54) is 16.3 Å². The molecule has 0 fully saturated rings. The molecule has 0 aliphatic heterocycles. The van der Waals surface area contributed by atoms with Gasteiger partial charge in [-0.1, -0.05) is 57.5 Å². The highest BCUT2D eigenvalue weighted by Crippen LogP contribution is 2.24. The number of fused-ring (bicyclic) bond motifs is 1. The summed E-state index contributed by atoms with van der Waals surface area (Å²) in [7, 11) is 0. The molecular formula is C23H17BrClN3O2S. The van der Waals surface area contributed by atoms with Crippen LogP contribution >= 0.6 is 39.3 Å². The van der Waals surface area contributed by atoms with Gasteiger partial charge in [0, 0.05) is 15.2 Å². The third kappa shape index (κ3) is 4.84. The van der Waals surface area contributed by atoms with Crippen LogP contribution in [0, 0.1) is 6.92 Å². The van der Waals surface area contributed by atoms with Crippen molar-refractivity contribution in [3.05, 3.63) is 92.1 Å². The summed E-state index contributed by atoms with van der Waals surface area (Å²) in [5.74, 6) is -0.123. The highest BCUT2D eigenvalue weighted by molar-refractivity contribution is 9.10. The number of halogens is 2. The molecule has 31 heavy (non-hydrogen) atoms. The maximum atomic E-state index is 13.2. The second-order valence-electron chi connectivity index (χ2n) is 6.83. The third-order valence-electron chi connectivity index (χ3n) is 4.62. The highest BCUT2D eigenvalue weighted by atomic mass is 79.9. The molecule has 1 heterocycles. The summed E-state index contributed by atoms with van der Waals surface area (Å²) in [6, 6.07) is 19.9. The van der Waals surface area contributed by atoms with E-state index in [-0.39, 0.29) is 17.2 Å². The minimum atomic E-state index is -0.213. The van der Waals surface area contributed by atoms with Gasteiger partial charge >= 0.3 is 0 Å². The highest BCUT2D eigenvalue weighted by Gasteiger charge is 2.15. The summed E-state index contributed by atoms with van der Waals surface area (Å²) in [5.41, 5.74) is 2.65. The minimum Gasteiger partial charge on any atom is -0.325 e. The van der Waals surface area contributed by atoms with Crippen LogP contribution in [0.4, 0.5) is 5.69 Å². The zero-order valence-electron chi connectivity index (χ0n) is 16.4. The molecule has 0 saturated heterocycles. The Morgan fingerprint density at radius 1 is 1.13 bits per heavy atom. The van der Waals surface area contributed by atoms with Gasteiger partial charge in [0.15, 0.2) is 5.16 Å². The Kier molecular flexibility index (Phi) is 6.46. The summed E-state index contributed by atoms with van der Waals surface area (Å²) >= 11 is 10.8. The van der Waals surface area contributed by atoms with E-state index in [1.807, 2.05) is 49.4 Å². The number of amides is 1. The van der Waals surface area contributed by atoms with E-state index in [0.29, 0.717) is 32.5 Å². The molecule has 8 heteroatoms. The zero-order chi connectivity index (χ0) is 22.0. The second kappa shape index (κ2) is 9.26. The number of carbonyl (C=O) groups excluding carboxylic acids is 1. The molecule has 4 aromatic rings. The van der Waals surface area contributed by atoms with Crippen molar-refractivity contribution in [3.63, 3.8) is 0 Å². The van der Waals surface area contributed by atoms with Gasteiger partial charge in [0.25, 0.3) is 5.56 Å². The van der Waals surface area contributed by atoms with Crippen molar-refractivity contribution in [2.45, 2.75) is 12.1 Å². The van der Waals surface area contributed by atoms with E-state index in [4.69, 9.17) is 11.6 Å². The first-order valence-corrected chi connectivity index (χ1v) is 11.5. The number of nitrogens with zero attached hydrogens (tertiary/aromatic N) is 2. The second-order valence-corrected chi connectivity index (χ2v) is 9.09. The predicted molar refractivity (Wildman–Crippen MR) is 131 cm³/mol. The van der Waals surface area contributed by atoms with Crippen molar-refractivity contribution in [3.8, 4) is 5.69 Å². The molecule has 1 aromatic heterocycles. The summed E-state index contributed by atoms with van der Waals surface area (Å²) in [6.07, 6.45) is 0. The lowest BCUT2D eigenvalue weighted by molar-refractivity contribution is -0.113. The maximum Gasteiger partial charge on any atom is 0.266 e. The molecule has 0 radical (unpaired) electrons. The van der Waals surface area contributed by atoms with E-state index in [9.17, 15) is 9.59 Å². The van der Waals surface area contributed by atoms with Gasteiger partial charge in [0.2, 0.25) is 5.91 Å². The van der Waals surface area contributed by atoms with Crippen LogP contribution in [0.2, 0.25) is 5.02 Å². The molecule has 0 aliphatic carbocycles. The molecule has 3 aromatic carbocycles. The van der Waals surface area contributed by atoms with Crippen LogP contribution < -0.4 is 10.9 Å². The van der Waals surface area contributed by atoms with Gasteiger partial charge in [-0.05, 0) is 61.0 Å². The fourth-order valence-corrected chi connectivity index (χ4v) is 4.28. The third-order valence-corrected chi connectivity index (χ3v) is 6.49. The van der Waals surface area contributed by atoms with E-state index in [1.54, 1.807) is 24.3 Å². The zero-order valence-corrected chi connectivity index (χ0v) is 19.6. The number of aryl methyl sites for hydroxylation is 1. The summed E-state index contributed by atoms with van der Waals surface area (Å²) in [5, 5.41) is 4.39. The molecule has 4 rings (SSSR count). The number of hydrogen-bond acceptors (Lipinski definition) is 4. The van der Waals surface area contributed by atoms with E-state index < -0.39 is 0 Å². The molecule has 1 N–H and O–H groups in total. The quantitative estimate of drug-likeness (QED) is 0.268. The number of benzene rings is 3. The van der Waals surface area contributed by atoms with Gasteiger partial charge < -0.3 is 5.32 Å². The van der Waals surface area contributed by atoms with E-state index >= 15 is 0 Å². The number of carbonyl (C=O) groups is 1. The van der Waals surface area contributed by atoms with Crippen LogP contribution in [0.25, 0.3) is 16.6 Å². The lowest BCUT2D eigenvalue weighted by Crippen LogP contribution is -2.23. The maximum absolute atomic E-state index is 13.2. The average molecular weight is 515 g/mol. The average Bonchev–Trinajstić information content (AvgIpc) is 2.76. The van der Waals surface area contributed by atoms with E-state index in [2.05, 4.69) is 26.2 Å². The van der Waals surface area contributed by atoms with Gasteiger partial charge in [0.05, 0.1) is 22.3 Å². The molecule has 0 aliphatic rings. The molecule has 0 unspecified atom stereocenters. The smallest absolute Gasteiger partial charge is 0.266 e. The topological polar surface area (TPSA) is 64.0 Å². The van der Waals surface area contributed by atoms with Crippen LogP contribution in [0.5, 0.6) is 0 Å². The molecule has 0 spiro atoms. The number of hydrogen-bond donors (Lipinski definition) is 1. The normalized spacial score (nSPS) is 10.9. The SMILES string of the molecule is Cc1ccc(NC(=O)CSc2nc3ccccc3c(=O)n2-c2ccc(Br)cc2)cc1Cl. The van der Waals surface area contributed by atoms with Crippen molar-refractivity contribution in [1.29, 1.82) is 0 Å². The number of thioether (sulfide) groups is 1. The lowest BCUT2D eigenvalue weighted by atomic mass is 10.2. The van der Waals surface area contributed by atoms with Crippen molar-refractivity contribution in [2.24, 2.45) is 0 Å². The fourth-order valence-electron chi connectivity index (χ4n) is 3.02. The van der Waals surface area contributed by atoms with Crippen molar-refractivity contribution < 1.29 is 4.79 Å². The minimum absolute atomic E-state index is 0.0901. The Balaban J connectivity index is 1.65. The largest absolute Gasteiger partial charge is 0.325 e. The Labute approximate surface area is 196 Å². The number of anilines is 1. The molecule has 156 valence electrons. The number of nitrogens with one attached hydrogen (secondary N) is 1. The van der Waals surface area contributed by atoms with Crippen molar-refractivity contribution in [2.75, 3.05) is 11.1 Å². The first-order chi connectivity index (χ1) is 14.9. The van der Waals surface area contributed by atoms with Crippen LogP contribution in [0.15, 0.2) is 81.2 Å². The van der Waals surface area contributed by atoms with Crippen LogP contribution in [0.3, 0.4) is 0 Å². The summed E-state index contributed by atoms with van der Waals surface area (Å²) < 4.78 is 2.44. The van der Waals surface area contributed by atoms with Crippen molar-refractivity contribution >= 4 is 61.8 Å². The van der Waals surface area contributed by atoms with Gasteiger partial charge in [-0.15, -0.1) is 0 Å². The van der Waals surface area contributed by atoms with Crippen LogP contribution in [-0.4, -0.2) is 21.2 Å². The van der Waals surface area contributed by atoms with Gasteiger partial charge in [-0.2, -0.15) is 0 Å². The Hall–Kier alpha value is -2.61. The Morgan fingerprint density at radius 3 is 2.61 bits per heavy atom. The molecular weight excluding hydrogens is 498 g/mol. The summed E-state index contributed by atoms with van der Waals surface area (Å²) in [6.45, 7) is 1.90. The predicted octanol–water partition coefficient (Wildman–Crippen LogP) is 5.84. The first kappa shape index (κ1) is 21.6. The number of rotatable bonds is 5. The Morgan fingerprint density at radius 2 is 1.87 bits per heavy atom. The molecule has 0 atom stereocenters. The van der Waals surface area contributed by atoms with Crippen LogP contribution in [-0.2, 0) is 4.79 Å². The lowest BCUT2D eigenvalue weighted by Gasteiger charge is -2.13. The molecule has 0 saturated carbocycles. The monoisotopic (exact) mass is 513 g/mol. The number of para-hydroxylation sites is 1. The van der Waals surface area contributed by atoms with Gasteiger partial charge in [-0.25, -0.2) is 4.98 Å². The van der Waals surface area contributed by atoms with E-state index in [0.717, 1.165) is 10.0 Å². The van der Waals surface area contributed by atoms with Gasteiger partial charge in [0.1, 0.15) is 0 Å².